The molecule has 1 heterocycles. The summed E-state index contributed by atoms with van der Waals surface area (Å²) in [7, 11) is -3.82. The lowest BCUT2D eigenvalue weighted by molar-refractivity contribution is 0.178. The fourth-order valence-electron chi connectivity index (χ4n) is 2.07. The van der Waals surface area contributed by atoms with Crippen LogP contribution in [0, 0.1) is 5.82 Å². The lowest BCUT2D eigenvalue weighted by Gasteiger charge is -2.24. The fourth-order valence-corrected chi connectivity index (χ4v) is 3.76. The third-order valence-electron chi connectivity index (χ3n) is 3.14. The van der Waals surface area contributed by atoms with Crippen molar-refractivity contribution >= 4 is 10.0 Å². The van der Waals surface area contributed by atoms with Crippen molar-refractivity contribution in [2.75, 3.05) is 13.2 Å². The maximum Gasteiger partial charge on any atom is 0.241 e. The molecule has 0 saturated carbocycles. The van der Waals surface area contributed by atoms with Gasteiger partial charge in [0, 0.05) is 13.2 Å². The Morgan fingerprint density at radius 2 is 2.26 bits per heavy atom. The van der Waals surface area contributed by atoms with E-state index >= 15 is 0 Å². The van der Waals surface area contributed by atoms with Gasteiger partial charge in [-0.05, 0) is 31.0 Å². The van der Waals surface area contributed by atoms with Gasteiger partial charge in [-0.3, -0.25) is 0 Å². The number of hydrogen-bond acceptors (Lipinski definition) is 4. The van der Waals surface area contributed by atoms with Crippen LogP contribution in [-0.4, -0.2) is 27.2 Å². The standard InChI is InChI=1S/C12H17FN2O3S/c1-12(4-5-18-8-12)15-19(16,17)11-6-10(13)3-2-9(11)7-14/h2-3,6,15H,4-5,7-8,14H2,1H3. The first-order valence-corrected chi connectivity index (χ1v) is 7.45. The van der Waals surface area contributed by atoms with Gasteiger partial charge >= 0.3 is 0 Å². The van der Waals surface area contributed by atoms with Gasteiger partial charge in [0.2, 0.25) is 10.0 Å². The van der Waals surface area contributed by atoms with Crippen molar-refractivity contribution in [2.24, 2.45) is 5.73 Å². The molecule has 0 bridgehead atoms. The van der Waals surface area contributed by atoms with Crippen LogP contribution in [-0.2, 0) is 21.3 Å². The van der Waals surface area contributed by atoms with Crippen LogP contribution in [0.1, 0.15) is 18.9 Å². The highest BCUT2D eigenvalue weighted by atomic mass is 32.2. The molecule has 0 amide bonds. The number of sulfonamides is 1. The van der Waals surface area contributed by atoms with E-state index in [2.05, 4.69) is 4.72 Å². The number of rotatable bonds is 4. The van der Waals surface area contributed by atoms with Gasteiger partial charge in [-0.1, -0.05) is 6.07 Å². The third-order valence-corrected chi connectivity index (χ3v) is 4.86. The van der Waals surface area contributed by atoms with Crippen molar-refractivity contribution in [1.29, 1.82) is 0 Å². The summed E-state index contributed by atoms with van der Waals surface area (Å²) in [6, 6.07) is 3.57. The molecule has 19 heavy (non-hydrogen) atoms. The number of halogens is 1. The zero-order chi connectivity index (χ0) is 14.1. The smallest absolute Gasteiger partial charge is 0.241 e. The highest BCUT2D eigenvalue weighted by Gasteiger charge is 2.35. The number of nitrogens with two attached hydrogens (primary N) is 1. The Bertz CT molecular complexity index is 568. The zero-order valence-corrected chi connectivity index (χ0v) is 11.5. The average Bonchev–Trinajstić information content (AvgIpc) is 2.74. The fraction of sp³-hybridized carbons (Fsp3) is 0.500. The molecule has 0 radical (unpaired) electrons. The Hall–Kier alpha value is -1.02. The SMILES string of the molecule is CC1(NS(=O)(=O)c2cc(F)ccc2CN)CCOC1. The average molecular weight is 288 g/mol. The monoisotopic (exact) mass is 288 g/mol. The zero-order valence-electron chi connectivity index (χ0n) is 10.6. The first kappa shape index (κ1) is 14.4. The van der Waals surface area contributed by atoms with Crippen molar-refractivity contribution < 1.29 is 17.5 Å². The van der Waals surface area contributed by atoms with E-state index in [1.54, 1.807) is 6.92 Å². The van der Waals surface area contributed by atoms with Crippen LogP contribution in [0.5, 0.6) is 0 Å². The van der Waals surface area contributed by atoms with Crippen LogP contribution in [0.3, 0.4) is 0 Å². The Labute approximate surface area is 112 Å². The second kappa shape index (κ2) is 5.16. The van der Waals surface area contributed by atoms with Gasteiger partial charge in [-0.2, -0.15) is 0 Å². The molecular weight excluding hydrogens is 271 g/mol. The maximum atomic E-state index is 13.3. The molecule has 3 N–H and O–H groups in total. The van der Waals surface area contributed by atoms with E-state index in [-0.39, 0.29) is 11.4 Å². The second-order valence-corrected chi connectivity index (χ2v) is 6.58. The third kappa shape index (κ3) is 3.11. The second-order valence-electron chi connectivity index (χ2n) is 4.92. The van der Waals surface area contributed by atoms with Gasteiger partial charge in [0.1, 0.15) is 5.82 Å². The highest BCUT2D eigenvalue weighted by molar-refractivity contribution is 7.89. The topological polar surface area (TPSA) is 81.4 Å². The van der Waals surface area contributed by atoms with Gasteiger partial charge in [0.05, 0.1) is 17.0 Å². The summed E-state index contributed by atoms with van der Waals surface area (Å²) in [5.74, 6) is -0.606. The molecule has 1 saturated heterocycles. The highest BCUT2D eigenvalue weighted by Crippen LogP contribution is 2.23. The Kier molecular flexibility index (Phi) is 3.91. The van der Waals surface area contributed by atoms with Gasteiger partial charge in [-0.15, -0.1) is 0 Å². The summed E-state index contributed by atoms with van der Waals surface area (Å²) in [4.78, 5) is -0.108. The summed E-state index contributed by atoms with van der Waals surface area (Å²) in [6.07, 6.45) is 0.583. The van der Waals surface area contributed by atoms with Gasteiger partial charge < -0.3 is 10.5 Å². The van der Waals surface area contributed by atoms with E-state index in [9.17, 15) is 12.8 Å². The number of hydrogen-bond donors (Lipinski definition) is 2. The summed E-state index contributed by atoms with van der Waals surface area (Å²) >= 11 is 0. The molecule has 0 aromatic heterocycles. The largest absolute Gasteiger partial charge is 0.379 e. The van der Waals surface area contributed by atoms with E-state index in [0.29, 0.717) is 25.2 Å². The summed E-state index contributed by atoms with van der Waals surface area (Å²) < 4.78 is 45.7. The lowest BCUT2D eigenvalue weighted by Crippen LogP contribution is -2.46. The van der Waals surface area contributed by atoms with E-state index in [4.69, 9.17) is 10.5 Å². The van der Waals surface area contributed by atoms with Gasteiger partial charge in [0.25, 0.3) is 0 Å². The van der Waals surface area contributed by atoms with E-state index < -0.39 is 21.4 Å². The minimum Gasteiger partial charge on any atom is -0.379 e. The molecule has 0 aliphatic carbocycles. The van der Waals surface area contributed by atoms with Crippen molar-refractivity contribution in [3.05, 3.63) is 29.6 Å². The van der Waals surface area contributed by atoms with Crippen molar-refractivity contribution in [1.82, 2.24) is 4.72 Å². The minimum atomic E-state index is -3.82. The molecule has 2 rings (SSSR count). The first-order valence-electron chi connectivity index (χ1n) is 5.96. The Morgan fingerprint density at radius 3 is 2.84 bits per heavy atom. The van der Waals surface area contributed by atoms with E-state index in [1.165, 1.54) is 12.1 Å². The molecule has 7 heteroatoms. The minimum absolute atomic E-state index is 0.0315. The Balaban J connectivity index is 2.36. The number of benzene rings is 1. The van der Waals surface area contributed by atoms with Crippen LogP contribution < -0.4 is 10.5 Å². The van der Waals surface area contributed by atoms with Crippen LogP contribution in [0.15, 0.2) is 23.1 Å². The normalized spacial score (nSPS) is 23.7. The molecule has 5 nitrogen and oxygen atoms in total. The lowest BCUT2D eigenvalue weighted by atomic mass is 10.0. The summed E-state index contributed by atoms with van der Waals surface area (Å²) in [5, 5.41) is 0. The maximum absolute atomic E-state index is 13.3. The first-order chi connectivity index (χ1) is 8.86. The van der Waals surface area contributed by atoms with Crippen molar-refractivity contribution in [3.8, 4) is 0 Å². The van der Waals surface area contributed by atoms with Gasteiger partial charge in [0.15, 0.2) is 0 Å². The molecule has 1 aromatic rings. The summed E-state index contributed by atoms with van der Waals surface area (Å²) in [6.45, 7) is 2.61. The molecule has 1 aliphatic heterocycles. The van der Waals surface area contributed by atoms with Crippen molar-refractivity contribution in [2.45, 2.75) is 30.3 Å². The molecule has 1 fully saturated rings. The number of ether oxygens (including phenoxy) is 1. The molecule has 1 aliphatic rings. The Morgan fingerprint density at radius 1 is 1.53 bits per heavy atom. The van der Waals surface area contributed by atoms with Crippen LogP contribution >= 0.6 is 0 Å². The molecule has 1 unspecified atom stereocenters. The predicted octanol–water partition coefficient (Wildman–Crippen LogP) is 0.742. The summed E-state index contributed by atoms with van der Waals surface area (Å²) in [5.41, 5.74) is 5.23. The quantitative estimate of drug-likeness (QED) is 0.856. The van der Waals surface area contributed by atoms with E-state index in [0.717, 1.165) is 6.07 Å². The van der Waals surface area contributed by atoms with Crippen LogP contribution in [0.2, 0.25) is 0 Å². The molecule has 0 spiro atoms. The van der Waals surface area contributed by atoms with Crippen molar-refractivity contribution in [3.63, 3.8) is 0 Å². The molecule has 1 atom stereocenters. The molecular formula is C12H17FN2O3S. The number of nitrogens with one attached hydrogen (secondary N) is 1. The van der Waals surface area contributed by atoms with E-state index in [1.807, 2.05) is 0 Å². The predicted molar refractivity (Wildman–Crippen MR) is 68.5 cm³/mol. The van der Waals surface area contributed by atoms with Gasteiger partial charge in [-0.25, -0.2) is 17.5 Å². The van der Waals surface area contributed by atoms with Crippen LogP contribution in [0.25, 0.3) is 0 Å². The van der Waals surface area contributed by atoms with Crippen LogP contribution in [0.4, 0.5) is 4.39 Å². The molecule has 1 aromatic carbocycles. The molecule has 106 valence electrons.